The fraction of sp³-hybridized carbons (Fsp3) is 0.933. The number of aliphatic hydroxyl groups is 1. The molecule has 2 nitrogen and oxygen atoms in total. The quantitative estimate of drug-likeness (QED) is 0.802. The van der Waals surface area contributed by atoms with Gasteiger partial charge >= 0.3 is 0 Å². The summed E-state index contributed by atoms with van der Waals surface area (Å²) in [5.41, 5.74) is -0.463. The molecule has 0 radical (unpaired) electrons. The topological polar surface area (TPSA) is 44.0 Å². The Hall–Kier alpha value is -0.550. The highest BCUT2D eigenvalue weighted by atomic mass is 16.3. The van der Waals surface area contributed by atoms with Gasteiger partial charge in [-0.15, -0.1) is 0 Å². The van der Waals surface area contributed by atoms with Crippen LogP contribution in [-0.2, 0) is 0 Å². The Morgan fingerprint density at radius 3 is 2.18 bits per heavy atom. The molecule has 0 heterocycles. The fourth-order valence-corrected chi connectivity index (χ4v) is 3.17. The molecule has 1 aliphatic carbocycles. The summed E-state index contributed by atoms with van der Waals surface area (Å²) in [4.78, 5) is 0. The molecule has 1 fully saturated rings. The third-order valence-corrected chi connectivity index (χ3v) is 4.32. The van der Waals surface area contributed by atoms with Crippen LogP contribution < -0.4 is 0 Å². The van der Waals surface area contributed by atoms with Crippen molar-refractivity contribution in [1.82, 2.24) is 0 Å². The molecule has 0 bridgehead atoms. The number of aliphatic hydroxyl groups excluding tert-OH is 1. The van der Waals surface area contributed by atoms with E-state index in [9.17, 15) is 10.4 Å². The van der Waals surface area contributed by atoms with Gasteiger partial charge in [0.25, 0.3) is 0 Å². The number of hydrogen-bond donors (Lipinski definition) is 1. The molecule has 0 saturated heterocycles. The van der Waals surface area contributed by atoms with Gasteiger partial charge in [-0.3, -0.25) is 0 Å². The summed E-state index contributed by atoms with van der Waals surface area (Å²) < 4.78 is 0. The molecule has 1 N–H and O–H groups in total. The van der Waals surface area contributed by atoms with Crippen molar-refractivity contribution in [2.24, 2.45) is 11.3 Å². The van der Waals surface area contributed by atoms with Gasteiger partial charge in [-0.2, -0.15) is 5.26 Å². The predicted molar refractivity (Wildman–Crippen MR) is 70.4 cm³/mol. The van der Waals surface area contributed by atoms with E-state index in [-0.39, 0.29) is 5.92 Å². The molecule has 2 atom stereocenters. The van der Waals surface area contributed by atoms with Gasteiger partial charge in [0.15, 0.2) is 0 Å². The van der Waals surface area contributed by atoms with E-state index in [2.05, 4.69) is 19.9 Å². The van der Waals surface area contributed by atoms with Crippen LogP contribution in [0.1, 0.15) is 71.6 Å². The van der Waals surface area contributed by atoms with Crippen LogP contribution in [0.3, 0.4) is 0 Å². The summed E-state index contributed by atoms with van der Waals surface area (Å²) in [5, 5.41) is 20.1. The smallest absolute Gasteiger partial charge is 0.0834 e. The minimum Gasteiger partial charge on any atom is -0.391 e. The third kappa shape index (κ3) is 3.71. The second-order valence-corrected chi connectivity index (χ2v) is 5.75. The van der Waals surface area contributed by atoms with E-state index < -0.39 is 11.5 Å². The molecule has 0 amide bonds. The maximum absolute atomic E-state index is 10.5. The van der Waals surface area contributed by atoms with E-state index in [1.807, 2.05) is 0 Å². The molecular formula is C15H27NO. The lowest BCUT2D eigenvalue weighted by molar-refractivity contribution is 0.00115. The summed E-state index contributed by atoms with van der Waals surface area (Å²) in [6.07, 6.45) is 9.37. The van der Waals surface area contributed by atoms with Crippen LogP contribution in [-0.4, -0.2) is 11.2 Å². The lowest BCUT2D eigenvalue weighted by Gasteiger charge is -2.36. The highest BCUT2D eigenvalue weighted by Crippen LogP contribution is 2.40. The van der Waals surface area contributed by atoms with Gasteiger partial charge in [-0.25, -0.2) is 0 Å². The molecular weight excluding hydrogens is 210 g/mol. The van der Waals surface area contributed by atoms with Crippen molar-refractivity contribution in [1.29, 1.82) is 5.26 Å². The summed E-state index contributed by atoms with van der Waals surface area (Å²) in [7, 11) is 0. The van der Waals surface area contributed by atoms with Crippen molar-refractivity contribution < 1.29 is 5.11 Å². The summed E-state index contributed by atoms with van der Waals surface area (Å²) >= 11 is 0. The first-order valence-electron chi connectivity index (χ1n) is 7.25. The van der Waals surface area contributed by atoms with Crippen LogP contribution >= 0.6 is 0 Å². The van der Waals surface area contributed by atoms with Crippen LogP contribution in [0.5, 0.6) is 0 Å². The van der Waals surface area contributed by atoms with Crippen molar-refractivity contribution in [3.8, 4) is 6.07 Å². The zero-order valence-electron chi connectivity index (χ0n) is 11.4. The Balaban J connectivity index is 2.73. The maximum atomic E-state index is 10.5. The van der Waals surface area contributed by atoms with Gasteiger partial charge in [0.2, 0.25) is 0 Å². The second kappa shape index (κ2) is 7.01. The van der Waals surface area contributed by atoms with E-state index in [0.29, 0.717) is 0 Å². The van der Waals surface area contributed by atoms with E-state index in [4.69, 9.17) is 0 Å². The first-order valence-corrected chi connectivity index (χ1v) is 7.25. The van der Waals surface area contributed by atoms with E-state index in [1.54, 1.807) is 0 Å². The third-order valence-electron chi connectivity index (χ3n) is 4.32. The molecule has 0 aliphatic heterocycles. The Kier molecular flexibility index (Phi) is 5.98. The van der Waals surface area contributed by atoms with Crippen LogP contribution in [0.15, 0.2) is 0 Å². The zero-order chi connectivity index (χ0) is 12.7. The molecule has 1 aliphatic rings. The van der Waals surface area contributed by atoms with Crippen molar-refractivity contribution in [3.63, 3.8) is 0 Å². The van der Waals surface area contributed by atoms with Gasteiger partial charge in [0.05, 0.1) is 17.6 Å². The van der Waals surface area contributed by atoms with Crippen molar-refractivity contribution in [3.05, 3.63) is 0 Å². The number of hydrogen-bond acceptors (Lipinski definition) is 2. The monoisotopic (exact) mass is 237 g/mol. The second-order valence-electron chi connectivity index (χ2n) is 5.75. The first kappa shape index (κ1) is 14.5. The van der Waals surface area contributed by atoms with Gasteiger partial charge in [0.1, 0.15) is 0 Å². The summed E-state index contributed by atoms with van der Waals surface area (Å²) in [6, 6.07) is 2.47. The van der Waals surface area contributed by atoms with Gasteiger partial charge in [-0.1, -0.05) is 52.4 Å². The molecule has 0 aromatic rings. The molecule has 17 heavy (non-hydrogen) atoms. The molecule has 0 aromatic heterocycles. The zero-order valence-corrected chi connectivity index (χ0v) is 11.4. The minimum absolute atomic E-state index is 0.249. The molecule has 2 unspecified atom stereocenters. The molecule has 1 saturated carbocycles. The molecule has 1 rings (SSSR count). The molecule has 0 aromatic carbocycles. The largest absolute Gasteiger partial charge is 0.391 e. The maximum Gasteiger partial charge on any atom is 0.0834 e. The highest BCUT2D eigenvalue weighted by molar-refractivity contribution is 5.05. The fourth-order valence-electron chi connectivity index (χ4n) is 3.17. The average Bonchev–Trinajstić information content (AvgIpc) is 2.29. The predicted octanol–water partition coefficient (Wildman–Crippen LogP) is 4.04. The molecule has 98 valence electrons. The van der Waals surface area contributed by atoms with Gasteiger partial charge < -0.3 is 5.11 Å². The first-order chi connectivity index (χ1) is 8.16. The minimum atomic E-state index is -0.463. The number of nitriles is 1. The molecule has 2 heteroatoms. The van der Waals surface area contributed by atoms with Crippen molar-refractivity contribution in [2.75, 3.05) is 0 Å². The van der Waals surface area contributed by atoms with Gasteiger partial charge in [-0.05, 0) is 25.2 Å². The van der Waals surface area contributed by atoms with Crippen LogP contribution in [0.4, 0.5) is 0 Å². The standard InChI is InChI=1S/C15H27NO/c1-3-9-13(2)14(17)15(12-16)10-7-5-4-6-8-11-15/h13-14,17H,3-11H2,1-2H3. The lowest BCUT2D eigenvalue weighted by atomic mass is 9.69. The Bertz CT molecular complexity index is 248. The van der Waals surface area contributed by atoms with E-state index in [0.717, 1.165) is 38.5 Å². The van der Waals surface area contributed by atoms with Crippen LogP contribution in [0, 0.1) is 22.7 Å². The highest BCUT2D eigenvalue weighted by Gasteiger charge is 2.40. The Morgan fingerprint density at radius 2 is 1.71 bits per heavy atom. The Morgan fingerprint density at radius 1 is 1.18 bits per heavy atom. The van der Waals surface area contributed by atoms with E-state index in [1.165, 1.54) is 19.3 Å². The lowest BCUT2D eigenvalue weighted by Crippen LogP contribution is -2.39. The van der Waals surface area contributed by atoms with Crippen LogP contribution in [0.2, 0.25) is 0 Å². The Labute approximate surface area is 106 Å². The summed E-state index contributed by atoms with van der Waals surface area (Å²) in [5.74, 6) is 0.249. The van der Waals surface area contributed by atoms with Gasteiger partial charge in [0, 0.05) is 0 Å². The van der Waals surface area contributed by atoms with Crippen LogP contribution in [0.25, 0.3) is 0 Å². The normalized spacial score (nSPS) is 24.1. The number of nitrogens with zero attached hydrogens (tertiary/aromatic N) is 1. The SMILES string of the molecule is CCCC(C)C(O)C1(C#N)CCCCCCC1. The average molecular weight is 237 g/mol. The van der Waals surface area contributed by atoms with Crippen molar-refractivity contribution in [2.45, 2.75) is 77.7 Å². The molecule has 0 spiro atoms. The summed E-state index contributed by atoms with van der Waals surface area (Å²) in [6.45, 7) is 4.23. The van der Waals surface area contributed by atoms with Crippen molar-refractivity contribution >= 4 is 0 Å². The van der Waals surface area contributed by atoms with E-state index >= 15 is 0 Å². The number of rotatable bonds is 4.